The number of amides is 3. The first kappa shape index (κ1) is 19.8. The monoisotopic (exact) mass is 372 g/mol. The Labute approximate surface area is 162 Å². The van der Waals surface area contributed by atoms with Crippen LogP contribution in [0.25, 0.3) is 0 Å². The molecule has 0 saturated carbocycles. The smallest absolute Gasteiger partial charge is 0.323 e. The van der Waals surface area contributed by atoms with Crippen LogP contribution >= 0.6 is 0 Å². The molecular weight excluding hydrogens is 340 g/mol. The van der Waals surface area contributed by atoms with Gasteiger partial charge in [0, 0.05) is 32.7 Å². The van der Waals surface area contributed by atoms with Crippen LogP contribution in [0, 0.1) is 11.8 Å². The molecule has 0 radical (unpaired) electrons. The van der Waals surface area contributed by atoms with Crippen molar-refractivity contribution >= 4 is 11.9 Å². The van der Waals surface area contributed by atoms with Gasteiger partial charge in [0.05, 0.1) is 6.67 Å². The molecule has 1 aromatic carbocycles. The van der Waals surface area contributed by atoms with Gasteiger partial charge in [0.2, 0.25) is 0 Å². The van der Waals surface area contributed by atoms with Crippen molar-refractivity contribution < 1.29 is 9.59 Å². The summed E-state index contributed by atoms with van der Waals surface area (Å²) in [6.45, 7) is 12.9. The summed E-state index contributed by atoms with van der Waals surface area (Å²) in [5, 5.41) is 3.00. The number of piperazine rings is 1. The molecule has 148 valence electrons. The van der Waals surface area contributed by atoms with Gasteiger partial charge in [-0.25, -0.2) is 9.69 Å². The lowest BCUT2D eigenvalue weighted by Crippen LogP contribution is -2.56. The number of urea groups is 1. The molecule has 3 amide bonds. The van der Waals surface area contributed by atoms with E-state index in [1.54, 1.807) is 0 Å². The quantitative estimate of drug-likeness (QED) is 0.779. The summed E-state index contributed by atoms with van der Waals surface area (Å²) in [6.07, 6.45) is 0. The summed E-state index contributed by atoms with van der Waals surface area (Å²) in [7, 11) is 0. The molecule has 6 heteroatoms. The second-order valence-electron chi connectivity index (χ2n) is 8.36. The van der Waals surface area contributed by atoms with Crippen molar-refractivity contribution in [1.82, 2.24) is 20.0 Å². The number of carbonyl (C=O) groups excluding carboxylic acids is 2. The number of nitrogens with one attached hydrogen (secondary N) is 1. The Kier molecular flexibility index (Phi) is 5.86. The van der Waals surface area contributed by atoms with E-state index in [1.165, 1.54) is 10.5 Å². The molecule has 0 spiro atoms. The van der Waals surface area contributed by atoms with E-state index in [0.29, 0.717) is 6.67 Å². The van der Waals surface area contributed by atoms with Gasteiger partial charge in [0.25, 0.3) is 5.91 Å². The Morgan fingerprint density at radius 3 is 2.00 bits per heavy atom. The van der Waals surface area contributed by atoms with Crippen molar-refractivity contribution in [2.45, 2.75) is 39.8 Å². The number of hydrogen-bond donors (Lipinski definition) is 1. The number of carbonyl (C=O) groups is 2. The zero-order valence-electron chi connectivity index (χ0n) is 16.9. The van der Waals surface area contributed by atoms with Crippen LogP contribution in [-0.2, 0) is 11.3 Å². The Morgan fingerprint density at radius 1 is 0.926 bits per heavy atom. The van der Waals surface area contributed by atoms with E-state index in [4.69, 9.17) is 0 Å². The van der Waals surface area contributed by atoms with Crippen LogP contribution in [0.4, 0.5) is 4.79 Å². The predicted octanol–water partition coefficient (Wildman–Crippen LogP) is 2.36. The first-order valence-corrected chi connectivity index (χ1v) is 9.97. The van der Waals surface area contributed by atoms with E-state index in [1.807, 2.05) is 33.8 Å². The fourth-order valence-corrected chi connectivity index (χ4v) is 4.32. The van der Waals surface area contributed by atoms with E-state index >= 15 is 0 Å². The topological polar surface area (TPSA) is 55.9 Å². The highest BCUT2D eigenvalue weighted by molar-refractivity contribution is 6.07. The normalized spacial score (nSPS) is 21.3. The minimum atomic E-state index is -0.786. The van der Waals surface area contributed by atoms with Crippen molar-refractivity contribution in [2.75, 3.05) is 32.8 Å². The zero-order valence-corrected chi connectivity index (χ0v) is 16.9. The number of rotatable bonds is 6. The van der Waals surface area contributed by atoms with E-state index in [-0.39, 0.29) is 23.8 Å². The largest absolute Gasteiger partial charge is 0.326 e. The first-order chi connectivity index (χ1) is 12.8. The number of imide groups is 1. The van der Waals surface area contributed by atoms with Gasteiger partial charge < -0.3 is 5.32 Å². The molecule has 27 heavy (non-hydrogen) atoms. The fraction of sp³-hybridized carbons (Fsp3) is 0.619. The molecule has 3 rings (SSSR count). The van der Waals surface area contributed by atoms with Crippen LogP contribution in [0.2, 0.25) is 0 Å². The van der Waals surface area contributed by atoms with Gasteiger partial charge in [-0.3, -0.25) is 14.6 Å². The minimum Gasteiger partial charge on any atom is -0.323 e. The van der Waals surface area contributed by atoms with Crippen LogP contribution in [-0.4, -0.2) is 65.0 Å². The van der Waals surface area contributed by atoms with Gasteiger partial charge in [-0.2, -0.15) is 0 Å². The highest BCUT2D eigenvalue weighted by Gasteiger charge is 2.55. The third-order valence-electron chi connectivity index (χ3n) is 6.03. The SMILES string of the molecule is CC(C)C1(C(C)C)NC(=O)N(CN2CCN(Cc3ccccc3)CC2)C1=O. The van der Waals surface area contributed by atoms with Gasteiger partial charge in [-0.15, -0.1) is 0 Å². The molecule has 0 aromatic heterocycles. The Balaban J connectivity index is 1.57. The molecule has 0 atom stereocenters. The third kappa shape index (κ3) is 3.87. The predicted molar refractivity (Wildman–Crippen MR) is 106 cm³/mol. The van der Waals surface area contributed by atoms with Gasteiger partial charge >= 0.3 is 6.03 Å². The lowest BCUT2D eigenvalue weighted by molar-refractivity contribution is -0.136. The van der Waals surface area contributed by atoms with Crippen LogP contribution in [0.3, 0.4) is 0 Å². The Hall–Kier alpha value is -1.92. The van der Waals surface area contributed by atoms with Gasteiger partial charge in [-0.05, 0) is 17.4 Å². The van der Waals surface area contributed by atoms with Crippen molar-refractivity contribution in [3.05, 3.63) is 35.9 Å². The van der Waals surface area contributed by atoms with Gasteiger partial charge in [0.1, 0.15) is 5.54 Å². The van der Waals surface area contributed by atoms with E-state index in [2.05, 4.69) is 39.4 Å². The minimum absolute atomic E-state index is 0.0571. The van der Waals surface area contributed by atoms with Crippen molar-refractivity contribution in [3.63, 3.8) is 0 Å². The Bertz CT molecular complexity index is 658. The zero-order chi connectivity index (χ0) is 19.6. The highest BCUT2D eigenvalue weighted by Crippen LogP contribution is 2.33. The maximum atomic E-state index is 13.1. The molecule has 2 fully saturated rings. The molecule has 2 heterocycles. The first-order valence-electron chi connectivity index (χ1n) is 9.97. The molecular formula is C21H32N4O2. The molecule has 2 saturated heterocycles. The lowest BCUT2D eigenvalue weighted by Gasteiger charge is -2.37. The van der Waals surface area contributed by atoms with E-state index in [0.717, 1.165) is 32.7 Å². The molecule has 1 aromatic rings. The maximum absolute atomic E-state index is 13.1. The van der Waals surface area contributed by atoms with Gasteiger partial charge in [-0.1, -0.05) is 58.0 Å². The molecule has 6 nitrogen and oxygen atoms in total. The van der Waals surface area contributed by atoms with Crippen LogP contribution < -0.4 is 5.32 Å². The standard InChI is InChI=1S/C21H32N4O2/c1-16(2)21(17(3)4)19(26)25(20(27)22-21)15-24-12-10-23(11-13-24)14-18-8-6-5-7-9-18/h5-9,16-17H,10-15H2,1-4H3,(H,22,27). The number of benzene rings is 1. The molecule has 2 aliphatic heterocycles. The van der Waals surface area contributed by atoms with Crippen LogP contribution in [0.5, 0.6) is 0 Å². The van der Waals surface area contributed by atoms with Gasteiger partial charge in [0.15, 0.2) is 0 Å². The highest BCUT2D eigenvalue weighted by atomic mass is 16.2. The molecule has 0 bridgehead atoms. The van der Waals surface area contributed by atoms with E-state index < -0.39 is 5.54 Å². The lowest BCUT2D eigenvalue weighted by atomic mass is 9.77. The summed E-state index contributed by atoms with van der Waals surface area (Å²) in [5.41, 5.74) is 0.533. The Morgan fingerprint density at radius 2 is 1.48 bits per heavy atom. The number of hydrogen-bond acceptors (Lipinski definition) is 4. The van der Waals surface area contributed by atoms with Crippen molar-refractivity contribution in [3.8, 4) is 0 Å². The van der Waals surface area contributed by atoms with Crippen molar-refractivity contribution in [1.29, 1.82) is 0 Å². The molecule has 2 aliphatic rings. The fourth-order valence-electron chi connectivity index (χ4n) is 4.32. The molecule has 1 N–H and O–H groups in total. The van der Waals surface area contributed by atoms with Crippen LogP contribution in [0.1, 0.15) is 33.3 Å². The average molecular weight is 373 g/mol. The van der Waals surface area contributed by atoms with E-state index in [9.17, 15) is 9.59 Å². The molecule has 0 aliphatic carbocycles. The summed E-state index contributed by atoms with van der Waals surface area (Å²) < 4.78 is 0. The summed E-state index contributed by atoms with van der Waals surface area (Å²) in [5.74, 6) is 0.0348. The third-order valence-corrected chi connectivity index (χ3v) is 6.03. The summed E-state index contributed by atoms with van der Waals surface area (Å²) in [4.78, 5) is 31.7. The summed E-state index contributed by atoms with van der Waals surface area (Å²) >= 11 is 0. The number of nitrogens with zero attached hydrogens (tertiary/aromatic N) is 3. The molecule has 0 unspecified atom stereocenters. The van der Waals surface area contributed by atoms with Crippen LogP contribution in [0.15, 0.2) is 30.3 Å². The summed E-state index contributed by atoms with van der Waals surface area (Å²) in [6, 6.07) is 10.2. The second-order valence-corrected chi connectivity index (χ2v) is 8.36. The second kappa shape index (κ2) is 7.98. The maximum Gasteiger partial charge on any atom is 0.326 e. The average Bonchev–Trinajstić information content (AvgIpc) is 2.90. The van der Waals surface area contributed by atoms with Crippen molar-refractivity contribution in [2.24, 2.45) is 11.8 Å².